The number of methoxy groups -OCH3 is 1. The molecule has 0 spiro atoms. The molecule has 0 fully saturated rings. The molecular weight excluding hydrogens is 272 g/mol. The van der Waals surface area contributed by atoms with Crippen molar-refractivity contribution in [2.75, 3.05) is 7.11 Å². The third-order valence-electron chi connectivity index (χ3n) is 2.39. The van der Waals surface area contributed by atoms with E-state index in [2.05, 4.69) is 4.74 Å². The number of aliphatic hydroxyl groups is 2. The Balaban J connectivity index is 3.06. The van der Waals surface area contributed by atoms with Crippen molar-refractivity contribution in [2.45, 2.75) is 18.4 Å². The highest BCUT2D eigenvalue weighted by Gasteiger charge is 2.33. The van der Waals surface area contributed by atoms with Crippen LogP contribution < -0.4 is 0 Å². The molecule has 0 aliphatic carbocycles. The van der Waals surface area contributed by atoms with Crippen molar-refractivity contribution in [3.05, 3.63) is 35.1 Å². The molecule has 0 saturated carbocycles. The van der Waals surface area contributed by atoms with Gasteiger partial charge in [-0.2, -0.15) is 13.2 Å². The van der Waals surface area contributed by atoms with Crippen molar-refractivity contribution in [1.82, 2.24) is 0 Å². The van der Waals surface area contributed by atoms with Gasteiger partial charge in [-0.05, 0) is 12.1 Å². The summed E-state index contributed by atoms with van der Waals surface area (Å²) in [5.41, 5.74) is -1.88. The van der Waals surface area contributed by atoms with Crippen molar-refractivity contribution >= 4 is 5.97 Å². The van der Waals surface area contributed by atoms with E-state index in [0.29, 0.717) is 12.1 Å². The predicted octanol–water partition coefficient (Wildman–Crippen LogP) is 1.41. The number of rotatable bonds is 3. The van der Waals surface area contributed by atoms with Crippen LogP contribution in [-0.2, 0) is 15.7 Å². The summed E-state index contributed by atoms with van der Waals surface area (Å²) >= 11 is 0. The lowest BCUT2D eigenvalue weighted by Crippen LogP contribution is -2.29. The first-order valence-electron chi connectivity index (χ1n) is 4.99. The van der Waals surface area contributed by atoms with Crippen LogP contribution in [0.5, 0.6) is 0 Å². The van der Waals surface area contributed by atoms with Crippen LogP contribution in [0, 0.1) is 5.82 Å². The highest BCUT2D eigenvalue weighted by atomic mass is 19.4. The van der Waals surface area contributed by atoms with Gasteiger partial charge in [-0.15, -0.1) is 0 Å². The van der Waals surface area contributed by atoms with Gasteiger partial charge in [-0.1, -0.05) is 6.07 Å². The first kappa shape index (κ1) is 15.4. The molecule has 0 amide bonds. The van der Waals surface area contributed by atoms with E-state index in [1.165, 1.54) is 0 Å². The van der Waals surface area contributed by atoms with Crippen LogP contribution in [-0.4, -0.2) is 29.4 Å². The molecule has 0 aromatic heterocycles. The van der Waals surface area contributed by atoms with Crippen LogP contribution >= 0.6 is 0 Å². The zero-order valence-corrected chi connectivity index (χ0v) is 9.61. The minimum atomic E-state index is -4.73. The van der Waals surface area contributed by atoms with Crippen LogP contribution in [0.4, 0.5) is 17.6 Å². The molecule has 2 atom stereocenters. The summed E-state index contributed by atoms with van der Waals surface area (Å²) in [4.78, 5) is 10.9. The second kappa shape index (κ2) is 5.54. The predicted molar refractivity (Wildman–Crippen MR) is 54.4 cm³/mol. The van der Waals surface area contributed by atoms with E-state index in [1.54, 1.807) is 0 Å². The molecule has 8 heteroatoms. The number of ether oxygens (including phenoxy) is 1. The standard InChI is InChI=1S/C11H10F4O4/c1-19-10(18)9(17)8(16)6-3-2-5(4-7(6)12)11(13,14)15/h2-4,8-9,16-17H,1H3. The molecule has 0 heterocycles. The fourth-order valence-corrected chi connectivity index (χ4v) is 1.36. The van der Waals surface area contributed by atoms with Crippen molar-refractivity contribution < 1.29 is 37.3 Å². The van der Waals surface area contributed by atoms with Crippen LogP contribution in [0.2, 0.25) is 0 Å². The molecule has 106 valence electrons. The van der Waals surface area contributed by atoms with Gasteiger partial charge in [-0.3, -0.25) is 0 Å². The third-order valence-corrected chi connectivity index (χ3v) is 2.39. The largest absolute Gasteiger partial charge is 0.467 e. The minimum absolute atomic E-state index is 0.169. The monoisotopic (exact) mass is 282 g/mol. The summed E-state index contributed by atoms with van der Waals surface area (Å²) in [6.45, 7) is 0. The second-order valence-electron chi connectivity index (χ2n) is 3.65. The number of esters is 1. The third kappa shape index (κ3) is 3.42. The number of alkyl halides is 3. The summed E-state index contributed by atoms with van der Waals surface area (Å²) < 4.78 is 54.4. The summed E-state index contributed by atoms with van der Waals surface area (Å²) in [5, 5.41) is 18.8. The van der Waals surface area contributed by atoms with E-state index in [9.17, 15) is 32.6 Å². The Morgan fingerprint density at radius 2 is 1.89 bits per heavy atom. The number of hydrogen-bond donors (Lipinski definition) is 2. The average molecular weight is 282 g/mol. The van der Waals surface area contributed by atoms with E-state index in [1.807, 2.05) is 0 Å². The van der Waals surface area contributed by atoms with Gasteiger partial charge in [0.05, 0.1) is 12.7 Å². The maximum Gasteiger partial charge on any atom is 0.416 e. The Morgan fingerprint density at radius 1 is 1.32 bits per heavy atom. The molecule has 1 aromatic rings. The lowest BCUT2D eigenvalue weighted by Gasteiger charge is -2.17. The SMILES string of the molecule is COC(=O)C(O)C(O)c1ccc(C(F)(F)F)cc1F. The lowest BCUT2D eigenvalue weighted by atomic mass is 10.0. The fraction of sp³-hybridized carbons (Fsp3) is 0.364. The van der Waals surface area contributed by atoms with E-state index < -0.39 is 41.3 Å². The molecule has 1 aromatic carbocycles. The van der Waals surface area contributed by atoms with Crippen molar-refractivity contribution in [3.8, 4) is 0 Å². The zero-order valence-electron chi connectivity index (χ0n) is 9.61. The van der Waals surface area contributed by atoms with E-state index in [4.69, 9.17) is 0 Å². The van der Waals surface area contributed by atoms with Gasteiger partial charge in [0.25, 0.3) is 0 Å². The van der Waals surface area contributed by atoms with Crippen LogP contribution in [0.1, 0.15) is 17.2 Å². The van der Waals surface area contributed by atoms with Gasteiger partial charge in [-0.25, -0.2) is 9.18 Å². The smallest absolute Gasteiger partial charge is 0.416 e. The topological polar surface area (TPSA) is 66.8 Å². The zero-order chi connectivity index (χ0) is 14.8. The number of halogens is 4. The molecule has 19 heavy (non-hydrogen) atoms. The highest BCUT2D eigenvalue weighted by molar-refractivity contribution is 5.75. The molecular formula is C11H10F4O4. The van der Waals surface area contributed by atoms with Crippen molar-refractivity contribution in [2.24, 2.45) is 0 Å². The summed E-state index contributed by atoms with van der Waals surface area (Å²) in [7, 11) is 0.932. The van der Waals surface area contributed by atoms with Gasteiger partial charge >= 0.3 is 12.1 Å². The summed E-state index contributed by atoms with van der Waals surface area (Å²) in [6.07, 6.45) is -8.84. The number of carbonyl (C=O) groups is 1. The Kier molecular flexibility index (Phi) is 4.48. The molecule has 0 saturated heterocycles. The van der Waals surface area contributed by atoms with Crippen LogP contribution in [0.15, 0.2) is 18.2 Å². The number of aliphatic hydroxyl groups excluding tert-OH is 2. The summed E-state index contributed by atoms with van der Waals surface area (Å²) in [5.74, 6) is -2.61. The number of benzene rings is 1. The number of carbonyl (C=O) groups excluding carboxylic acids is 1. The maximum absolute atomic E-state index is 13.4. The minimum Gasteiger partial charge on any atom is -0.467 e. The van der Waals surface area contributed by atoms with E-state index in [0.717, 1.165) is 7.11 Å². The van der Waals surface area contributed by atoms with Gasteiger partial charge < -0.3 is 14.9 Å². The number of hydrogen-bond acceptors (Lipinski definition) is 4. The molecule has 4 nitrogen and oxygen atoms in total. The quantitative estimate of drug-likeness (QED) is 0.650. The Labute approximate surface area is 105 Å². The first-order valence-corrected chi connectivity index (χ1v) is 4.99. The molecule has 2 unspecified atom stereocenters. The van der Waals surface area contributed by atoms with Crippen LogP contribution in [0.3, 0.4) is 0 Å². The fourth-order valence-electron chi connectivity index (χ4n) is 1.36. The summed E-state index contributed by atoms with van der Waals surface area (Å²) in [6, 6.07) is 1.35. The second-order valence-corrected chi connectivity index (χ2v) is 3.65. The van der Waals surface area contributed by atoms with Crippen molar-refractivity contribution in [1.29, 1.82) is 0 Å². The van der Waals surface area contributed by atoms with Gasteiger partial charge in [0.2, 0.25) is 0 Å². The average Bonchev–Trinajstić information content (AvgIpc) is 2.34. The molecule has 1 rings (SSSR count). The first-order chi connectivity index (χ1) is 8.68. The molecule has 0 bridgehead atoms. The van der Waals surface area contributed by atoms with Crippen LogP contribution in [0.25, 0.3) is 0 Å². The van der Waals surface area contributed by atoms with Gasteiger partial charge in [0.1, 0.15) is 11.9 Å². The Hall–Kier alpha value is -1.67. The van der Waals surface area contributed by atoms with Gasteiger partial charge in [0.15, 0.2) is 6.10 Å². The lowest BCUT2D eigenvalue weighted by molar-refractivity contribution is -0.157. The molecule has 2 N–H and O–H groups in total. The van der Waals surface area contributed by atoms with E-state index >= 15 is 0 Å². The van der Waals surface area contributed by atoms with Gasteiger partial charge in [0, 0.05) is 5.56 Å². The molecule has 0 aliphatic rings. The normalized spacial score (nSPS) is 14.9. The molecule has 0 radical (unpaired) electrons. The van der Waals surface area contributed by atoms with E-state index in [-0.39, 0.29) is 6.07 Å². The maximum atomic E-state index is 13.4. The highest BCUT2D eigenvalue weighted by Crippen LogP contribution is 2.31. The Morgan fingerprint density at radius 3 is 2.32 bits per heavy atom. The molecule has 0 aliphatic heterocycles. The Bertz CT molecular complexity index is 472. The van der Waals surface area contributed by atoms with Crippen molar-refractivity contribution in [3.63, 3.8) is 0 Å².